The van der Waals surface area contributed by atoms with Gasteiger partial charge in [-0.05, 0) is 199 Å². The Morgan fingerprint density at radius 3 is 1.16 bits per heavy atom. The first kappa shape index (κ1) is 114. The number of carbonyl (C=O) groups excluding carboxylic acids is 6. The zero-order valence-corrected chi connectivity index (χ0v) is 80.4. The first-order chi connectivity index (χ1) is 60.4. The Morgan fingerprint density at radius 1 is 0.450 bits per heavy atom. The molecule has 734 valence electrons. The summed E-state index contributed by atoms with van der Waals surface area (Å²) in [5.41, 5.74) is 4.74. The van der Waals surface area contributed by atoms with Gasteiger partial charge in [0.05, 0.1) is 50.3 Å². The number of amides is 4. The van der Waals surface area contributed by atoms with E-state index in [9.17, 15) is 99.4 Å². The SMILES string of the molecule is CC(C)(C)OC(=O)CCC(=O)NC1(C(F)(F)F)CC1.CC(C)(C)OC(=O)CCC(=O)O.CCC[CH2][Sn]([CH2]CCC)([CH2]CCC)[c]1ccccn1.Cl.Clc1nc(Cl)c2c(n1)CCC2.NC1(C(F)(F)F)CC1.NCC(=O)NC1(C(F)(F)F)CC1.O=C(CNc1nc(-c2ccccn2)nc2c1CCC2)NC1(C(F)(F)F)CC1.O=C(CNc1nc(Cl)nc2c1CCC2)NC1(C(F)(F)F)CC1. The number of carboxylic acids is 1. The van der Waals surface area contributed by atoms with Crippen molar-refractivity contribution in [3.05, 3.63) is 98.3 Å². The zero-order valence-electron chi connectivity index (χ0n) is 74.4. The third kappa shape index (κ3) is 36.1. The summed E-state index contributed by atoms with van der Waals surface area (Å²) in [6, 6.07) is 12.0. The molecule has 5 aromatic heterocycles. The van der Waals surface area contributed by atoms with Crippen LogP contribution in [0.25, 0.3) is 11.5 Å². The predicted octanol–water partition coefficient (Wildman–Crippen LogP) is 17.4. The second-order valence-electron chi connectivity index (χ2n) is 35.0. The van der Waals surface area contributed by atoms with E-state index in [0.717, 1.165) is 91.6 Å². The van der Waals surface area contributed by atoms with Crippen LogP contribution >= 0.6 is 47.2 Å². The molecule has 0 bridgehead atoms. The predicted molar refractivity (Wildman–Crippen MR) is 467 cm³/mol. The first-order valence-electron chi connectivity index (χ1n) is 43.1. The van der Waals surface area contributed by atoms with Gasteiger partial charge in [-0.2, -0.15) is 65.9 Å². The molecule has 0 spiro atoms. The van der Waals surface area contributed by atoms with Crippen LogP contribution in [0.5, 0.6) is 0 Å². The number of esters is 2. The van der Waals surface area contributed by atoms with E-state index >= 15 is 0 Å². The Balaban J connectivity index is 0.000000271. The Kier molecular flexibility index (Phi) is 42.2. The van der Waals surface area contributed by atoms with Crippen molar-refractivity contribution in [1.82, 2.24) is 61.1 Å². The van der Waals surface area contributed by atoms with Crippen molar-refractivity contribution in [2.24, 2.45) is 11.5 Å². The van der Waals surface area contributed by atoms with E-state index in [2.05, 4.69) is 95.1 Å². The van der Waals surface area contributed by atoms with E-state index in [1.165, 1.54) is 51.8 Å². The number of pyridine rings is 2. The maximum atomic E-state index is 13.0. The van der Waals surface area contributed by atoms with Gasteiger partial charge in [0.15, 0.2) is 5.82 Å². The molecule has 0 radical (unpaired) electrons. The molecule has 131 heavy (non-hydrogen) atoms. The van der Waals surface area contributed by atoms with Crippen molar-refractivity contribution >= 4 is 122 Å². The number of alkyl halides is 15. The van der Waals surface area contributed by atoms with Gasteiger partial charge in [0.2, 0.25) is 34.2 Å². The van der Waals surface area contributed by atoms with E-state index in [1.807, 2.05) is 22.9 Å². The molecule has 0 aliphatic heterocycles. The zero-order chi connectivity index (χ0) is 97.3. The van der Waals surface area contributed by atoms with Crippen LogP contribution in [0.4, 0.5) is 77.5 Å². The summed E-state index contributed by atoms with van der Waals surface area (Å²) in [5.74, 6) is -3.64. The van der Waals surface area contributed by atoms with Crippen LogP contribution in [0.15, 0.2) is 48.8 Å². The van der Waals surface area contributed by atoms with Crippen LogP contribution in [0.2, 0.25) is 29.0 Å². The summed E-state index contributed by atoms with van der Waals surface area (Å²) in [5, 5.41) is 22.8. The Bertz CT molecular complexity index is 4570. The summed E-state index contributed by atoms with van der Waals surface area (Å²) >= 11 is 15.1. The largest absolute Gasteiger partial charge is 0.411 e. The molecular formula is C85H117Cl4F15N16O10Sn. The number of nitrogens with two attached hydrogens (primary N) is 2. The number of carboxylic acid groups (broad SMARTS) is 1. The van der Waals surface area contributed by atoms with E-state index < -0.39 is 136 Å². The van der Waals surface area contributed by atoms with Crippen LogP contribution in [-0.4, -0.2) is 194 Å². The van der Waals surface area contributed by atoms with Crippen molar-refractivity contribution < 1.29 is 114 Å². The second kappa shape index (κ2) is 48.6. The van der Waals surface area contributed by atoms with Crippen LogP contribution in [0.1, 0.15) is 244 Å². The van der Waals surface area contributed by atoms with Gasteiger partial charge in [-0.1, -0.05) is 17.7 Å². The van der Waals surface area contributed by atoms with Crippen LogP contribution in [-0.2, 0) is 81.6 Å². The van der Waals surface area contributed by atoms with Gasteiger partial charge in [-0.3, -0.25) is 38.5 Å². The molecule has 13 rings (SSSR count). The van der Waals surface area contributed by atoms with Gasteiger partial charge in [0.25, 0.3) is 0 Å². The fourth-order valence-electron chi connectivity index (χ4n) is 13.7. The molecule has 46 heteroatoms. The molecule has 0 saturated heterocycles. The van der Waals surface area contributed by atoms with Crippen molar-refractivity contribution in [2.75, 3.05) is 30.3 Å². The second-order valence-corrected chi connectivity index (χ2v) is 49.1. The summed E-state index contributed by atoms with van der Waals surface area (Å²) in [6.07, 6.45) is -2.97. The molecule has 5 saturated carbocycles. The fraction of sp³-hybridized carbons (Fsp3) is 0.659. The average molecular weight is 2070 g/mol. The minimum atomic E-state index is -4.44. The van der Waals surface area contributed by atoms with Crippen LogP contribution in [0, 0.1) is 0 Å². The minimum absolute atomic E-state index is 0. The molecule has 5 heterocycles. The number of anilines is 2. The normalized spacial score (nSPS) is 16.7. The topological polar surface area (TPSA) is 386 Å². The minimum Gasteiger partial charge on any atom is -0.361 e. The van der Waals surface area contributed by atoms with Crippen LogP contribution in [0.3, 0.4) is 0 Å². The summed E-state index contributed by atoms with van der Waals surface area (Å²) < 4.78 is 202. The Hall–Kier alpha value is -7.74. The molecule has 4 amide bonds. The number of aliphatic carboxylic acids is 1. The number of fused-ring (bicyclic) bond motifs is 3. The molecular weight excluding hydrogens is 1950 g/mol. The average Bonchev–Trinajstić information content (AvgIpc) is 1.63. The third-order valence-electron chi connectivity index (χ3n) is 21.8. The maximum Gasteiger partial charge on any atom is 0.411 e. The van der Waals surface area contributed by atoms with Gasteiger partial charge in [-0.15, -0.1) is 12.4 Å². The number of halogens is 19. The number of hydrogen-bond acceptors (Lipinski definition) is 21. The maximum absolute atomic E-state index is 13.0. The molecule has 0 unspecified atom stereocenters. The number of carbonyl (C=O) groups is 7. The van der Waals surface area contributed by atoms with Gasteiger partial charge in [-0.25, -0.2) is 29.9 Å². The van der Waals surface area contributed by atoms with E-state index in [1.54, 1.807) is 63.6 Å². The third-order valence-corrected chi connectivity index (χ3v) is 37.6. The van der Waals surface area contributed by atoms with E-state index in [-0.39, 0.29) is 126 Å². The molecule has 0 atom stereocenters. The first-order valence-corrected chi connectivity index (χ1v) is 51.7. The van der Waals surface area contributed by atoms with Crippen LogP contribution < -0.4 is 47.1 Å². The summed E-state index contributed by atoms with van der Waals surface area (Å²) in [7, 11) is 0. The quantitative estimate of drug-likeness (QED) is 0.00738. The molecule has 26 nitrogen and oxygen atoms in total. The number of ether oxygens (including phenoxy) is 2. The summed E-state index contributed by atoms with van der Waals surface area (Å²) in [4.78, 5) is 112. The molecule has 0 aromatic carbocycles. The Labute approximate surface area is 776 Å². The number of aryl methyl sites for hydroxylation is 3. The number of aromatic nitrogens is 8. The molecule has 5 fully saturated rings. The van der Waals surface area contributed by atoms with E-state index in [0.29, 0.717) is 28.3 Å². The van der Waals surface area contributed by atoms with Gasteiger partial charge >= 0.3 is 173 Å². The van der Waals surface area contributed by atoms with Crippen molar-refractivity contribution in [1.29, 1.82) is 0 Å². The van der Waals surface area contributed by atoms with E-state index in [4.69, 9.17) is 65.8 Å². The van der Waals surface area contributed by atoms with Crippen molar-refractivity contribution in [3.63, 3.8) is 0 Å². The standard InChI is InChI=1S/C18H18F3N5O.C13H14ClF3N4O.C12H18F3NO3.C8H14O4.C7H6Cl2N2.C6H9F3N2O.C5H4N.C4H6F3N.3C4H9.ClH.Sn/c19-18(20,21)17(7-8-17)26-14(27)10-23-15-11-4-3-6-12(11)24-16(25-15)13-5-1-2-9-22-13;14-11-19-8-3-1-2-7(8)10(20-11)18-6-9(22)21-12(4-5-12)13(15,16)17;1-10(2,3)19-9(18)5-4-8(17)16-11(6-7-11)12(13,14)15;1-8(2,3)12-7(11)5-4-6(9)10;8-6-4-2-1-3-5(4)10-7(9)11-6;7-6(8,9)5(1-2-5)11-4(12)3-10;1-2-4-6-5-3-1;5-4(6,7)3(8)1-2-3;3*1-3-4-2;;/h1-2,5,9H,3-4,6-8,10H2,(H,26,27)(H,23,24,25);1-6H2,(H,21,22)(H,18,19,20);4-7H2,1-3H3,(H,16,17);4-5H2,1-3H3,(H,9,10);1-3H2;1-3,10H2,(H,11,12);1-4H;1-2,8H2;3*1,3-4H2,2H3;1H;. The summed E-state index contributed by atoms with van der Waals surface area (Å²) in [6.45, 7) is 16.3. The number of rotatable bonds is 28. The van der Waals surface area contributed by atoms with Crippen molar-refractivity contribution in [3.8, 4) is 11.5 Å². The molecule has 8 aliphatic carbocycles. The number of nitrogens with one attached hydrogen (secondary N) is 6. The fourth-order valence-corrected chi connectivity index (χ4v) is 29.9. The Morgan fingerprint density at radius 2 is 0.817 bits per heavy atom. The smallest absolute Gasteiger partial charge is 0.361 e. The van der Waals surface area contributed by atoms with Gasteiger partial charge < -0.3 is 57.9 Å². The molecule has 8 aliphatic rings. The molecule has 11 N–H and O–H groups in total. The number of unbranched alkanes of at least 4 members (excludes halogenated alkanes) is 3. The van der Waals surface area contributed by atoms with Gasteiger partial charge in [0, 0.05) is 35.0 Å². The molecule has 5 aromatic rings. The number of hydrogen-bond donors (Lipinski definition) is 9. The van der Waals surface area contributed by atoms with Gasteiger partial charge in [0.1, 0.15) is 61.4 Å². The monoisotopic (exact) mass is 2070 g/mol. The number of nitrogens with zero attached hydrogens (tertiary/aromatic N) is 8. The van der Waals surface area contributed by atoms with Crippen molar-refractivity contribution in [2.45, 2.75) is 332 Å².